The quantitative estimate of drug-likeness (QED) is 0.496. The van der Waals surface area contributed by atoms with Gasteiger partial charge in [0.15, 0.2) is 0 Å². The van der Waals surface area contributed by atoms with Crippen LogP contribution >= 0.6 is 0 Å². The smallest absolute Gasteiger partial charge is 0.111 e. The summed E-state index contributed by atoms with van der Waals surface area (Å²) in [5.41, 5.74) is 0. The Morgan fingerprint density at radius 3 is 2.38 bits per heavy atom. The molecule has 13 heavy (non-hydrogen) atoms. The van der Waals surface area contributed by atoms with E-state index in [1.807, 2.05) is 0 Å². The Morgan fingerprint density at radius 1 is 1.31 bits per heavy atom. The standard InChI is InChI=1S/C8H16O5/c1-4-8(12-2)7(11)6(10)5(3-9)13-4/h4-11H,3H2,1-2H3/t4-,5+,6+,7?,8?/m0/s1. The minimum atomic E-state index is -1.09. The third-order valence-corrected chi connectivity index (χ3v) is 2.37. The van der Waals surface area contributed by atoms with Crippen LogP contribution in [0.3, 0.4) is 0 Å². The Morgan fingerprint density at radius 2 is 1.92 bits per heavy atom. The van der Waals surface area contributed by atoms with Gasteiger partial charge in [-0.3, -0.25) is 0 Å². The van der Waals surface area contributed by atoms with E-state index in [1.54, 1.807) is 6.92 Å². The molecule has 0 amide bonds. The van der Waals surface area contributed by atoms with Crippen molar-refractivity contribution >= 4 is 0 Å². The molecule has 0 aromatic carbocycles. The minimum Gasteiger partial charge on any atom is -0.394 e. The zero-order valence-corrected chi connectivity index (χ0v) is 7.75. The monoisotopic (exact) mass is 192 g/mol. The lowest BCUT2D eigenvalue weighted by Gasteiger charge is -2.40. The van der Waals surface area contributed by atoms with E-state index in [1.165, 1.54) is 7.11 Å². The van der Waals surface area contributed by atoms with Gasteiger partial charge in [0.2, 0.25) is 0 Å². The number of hydrogen-bond donors (Lipinski definition) is 3. The highest BCUT2D eigenvalue weighted by Gasteiger charge is 2.42. The second-order valence-electron chi connectivity index (χ2n) is 3.24. The summed E-state index contributed by atoms with van der Waals surface area (Å²) in [4.78, 5) is 0. The number of aliphatic hydroxyl groups excluding tert-OH is 3. The summed E-state index contributed by atoms with van der Waals surface area (Å²) < 4.78 is 10.2. The maximum Gasteiger partial charge on any atom is 0.111 e. The first-order valence-corrected chi connectivity index (χ1v) is 4.27. The largest absolute Gasteiger partial charge is 0.394 e. The van der Waals surface area contributed by atoms with Gasteiger partial charge in [0.05, 0.1) is 12.7 Å². The Labute approximate surface area is 76.9 Å². The molecule has 3 N–H and O–H groups in total. The van der Waals surface area contributed by atoms with Crippen LogP contribution in [0.1, 0.15) is 6.92 Å². The van der Waals surface area contributed by atoms with Crippen LogP contribution in [0.25, 0.3) is 0 Å². The molecule has 1 aliphatic heterocycles. The molecule has 0 saturated carbocycles. The van der Waals surface area contributed by atoms with Crippen LogP contribution in [0.15, 0.2) is 0 Å². The third-order valence-electron chi connectivity index (χ3n) is 2.37. The lowest BCUT2D eigenvalue weighted by atomic mass is 9.96. The van der Waals surface area contributed by atoms with Crippen LogP contribution in [-0.2, 0) is 9.47 Å². The Balaban J connectivity index is 2.66. The normalized spacial score (nSPS) is 46.4. The van der Waals surface area contributed by atoms with Crippen molar-refractivity contribution in [1.29, 1.82) is 0 Å². The summed E-state index contributed by atoms with van der Waals surface area (Å²) in [5.74, 6) is 0. The van der Waals surface area contributed by atoms with Gasteiger partial charge in [-0.1, -0.05) is 0 Å². The van der Waals surface area contributed by atoms with Crippen LogP contribution < -0.4 is 0 Å². The van der Waals surface area contributed by atoms with E-state index >= 15 is 0 Å². The number of ether oxygens (including phenoxy) is 2. The van der Waals surface area contributed by atoms with E-state index in [9.17, 15) is 10.2 Å². The molecule has 78 valence electrons. The van der Waals surface area contributed by atoms with Crippen LogP contribution in [0.4, 0.5) is 0 Å². The van der Waals surface area contributed by atoms with Crippen molar-refractivity contribution in [3.63, 3.8) is 0 Å². The Hall–Kier alpha value is -0.200. The molecule has 5 heteroatoms. The summed E-state index contributed by atoms with van der Waals surface area (Å²) in [6, 6.07) is 0. The van der Waals surface area contributed by atoms with Gasteiger partial charge >= 0.3 is 0 Å². The molecule has 1 saturated heterocycles. The topological polar surface area (TPSA) is 79.2 Å². The highest BCUT2D eigenvalue weighted by atomic mass is 16.6. The van der Waals surface area contributed by atoms with E-state index in [-0.39, 0.29) is 12.7 Å². The van der Waals surface area contributed by atoms with Crippen LogP contribution in [-0.4, -0.2) is 59.6 Å². The van der Waals surface area contributed by atoms with E-state index in [0.717, 1.165) is 0 Å². The van der Waals surface area contributed by atoms with Crippen molar-refractivity contribution in [3.8, 4) is 0 Å². The fourth-order valence-electron chi connectivity index (χ4n) is 1.61. The molecule has 1 aliphatic rings. The molecule has 0 bridgehead atoms. The molecule has 2 unspecified atom stereocenters. The molecule has 5 nitrogen and oxygen atoms in total. The second-order valence-corrected chi connectivity index (χ2v) is 3.24. The fourth-order valence-corrected chi connectivity index (χ4v) is 1.61. The van der Waals surface area contributed by atoms with E-state index in [2.05, 4.69) is 0 Å². The van der Waals surface area contributed by atoms with Gasteiger partial charge in [-0.15, -0.1) is 0 Å². The third kappa shape index (κ3) is 2.00. The van der Waals surface area contributed by atoms with Gasteiger partial charge in [0.25, 0.3) is 0 Å². The van der Waals surface area contributed by atoms with Crippen molar-refractivity contribution in [3.05, 3.63) is 0 Å². The van der Waals surface area contributed by atoms with Gasteiger partial charge in [0.1, 0.15) is 24.4 Å². The summed E-state index contributed by atoms with van der Waals surface area (Å²) in [5, 5.41) is 27.8. The van der Waals surface area contributed by atoms with Crippen molar-refractivity contribution in [2.24, 2.45) is 0 Å². The molecule has 0 aromatic rings. The molecule has 0 aromatic heterocycles. The van der Waals surface area contributed by atoms with Crippen molar-refractivity contribution < 1.29 is 24.8 Å². The van der Waals surface area contributed by atoms with E-state index < -0.39 is 24.4 Å². The van der Waals surface area contributed by atoms with Crippen LogP contribution in [0, 0.1) is 0 Å². The SMILES string of the molecule is COC1C(O)[C@H](O)[C@@H](CO)O[C@H]1C. The zero-order chi connectivity index (χ0) is 10.0. The predicted molar refractivity (Wildman–Crippen MR) is 44.2 cm³/mol. The first kappa shape index (κ1) is 10.9. The highest BCUT2D eigenvalue weighted by molar-refractivity contribution is 4.90. The van der Waals surface area contributed by atoms with Gasteiger partial charge in [0, 0.05) is 7.11 Å². The average molecular weight is 192 g/mol. The van der Waals surface area contributed by atoms with Gasteiger partial charge in [-0.25, -0.2) is 0 Å². The summed E-state index contributed by atoms with van der Waals surface area (Å²) in [6.07, 6.45) is -3.70. The molecule has 1 heterocycles. The van der Waals surface area contributed by atoms with Gasteiger partial charge < -0.3 is 24.8 Å². The zero-order valence-electron chi connectivity index (χ0n) is 7.75. The van der Waals surface area contributed by atoms with Gasteiger partial charge in [-0.05, 0) is 6.92 Å². The minimum absolute atomic E-state index is 0.307. The number of rotatable bonds is 2. The second kappa shape index (κ2) is 4.34. The summed E-state index contributed by atoms with van der Waals surface area (Å²) in [7, 11) is 1.44. The highest BCUT2D eigenvalue weighted by Crippen LogP contribution is 2.22. The number of hydrogen-bond acceptors (Lipinski definition) is 5. The molecule has 0 radical (unpaired) electrons. The van der Waals surface area contributed by atoms with Crippen molar-refractivity contribution in [2.45, 2.75) is 37.4 Å². The fraction of sp³-hybridized carbons (Fsp3) is 1.00. The molecule has 1 fully saturated rings. The maximum atomic E-state index is 9.54. The van der Waals surface area contributed by atoms with Crippen molar-refractivity contribution in [1.82, 2.24) is 0 Å². The molecular formula is C8H16O5. The predicted octanol–water partition coefficient (Wildman–Crippen LogP) is -1.50. The molecule has 0 spiro atoms. The average Bonchev–Trinajstić information content (AvgIpc) is 2.12. The molecule has 1 rings (SSSR count). The molecule has 5 atom stereocenters. The van der Waals surface area contributed by atoms with E-state index in [4.69, 9.17) is 14.6 Å². The number of aliphatic hydroxyl groups is 3. The van der Waals surface area contributed by atoms with Crippen molar-refractivity contribution in [2.75, 3.05) is 13.7 Å². The van der Waals surface area contributed by atoms with Gasteiger partial charge in [-0.2, -0.15) is 0 Å². The Kier molecular flexibility index (Phi) is 3.63. The first-order valence-electron chi connectivity index (χ1n) is 4.27. The lowest BCUT2D eigenvalue weighted by Crippen LogP contribution is -2.58. The van der Waals surface area contributed by atoms with E-state index in [0.29, 0.717) is 0 Å². The molecule has 0 aliphatic carbocycles. The maximum absolute atomic E-state index is 9.54. The van der Waals surface area contributed by atoms with Crippen LogP contribution in [0.2, 0.25) is 0 Å². The Bertz CT molecular complexity index is 163. The van der Waals surface area contributed by atoms with Crippen LogP contribution in [0.5, 0.6) is 0 Å². The first-order chi connectivity index (χ1) is 6.11. The lowest BCUT2D eigenvalue weighted by molar-refractivity contribution is -0.230. The summed E-state index contributed by atoms with van der Waals surface area (Å²) >= 11 is 0. The summed E-state index contributed by atoms with van der Waals surface area (Å²) in [6.45, 7) is 1.42. The number of methoxy groups -OCH3 is 1. The molecular weight excluding hydrogens is 176 g/mol.